The van der Waals surface area contributed by atoms with Gasteiger partial charge in [0.15, 0.2) is 0 Å². The Morgan fingerprint density at radius 2 is 1.41 bits per heavy atom. The fourth-order valence-electron chi connectivity index (χ4n) is 2.70. The van der Waals surface area contributed by atoms with Crippen LogP contribution in [0.1, 0.15) is 22.3 Å². The van der Waals surface area contributed by atoms with Gasteiger partial charge in [-0.3, -0.25) is 0 Å². The molecule has 0 aliphatic heterocycles. The van der Waals surface area contributed by atoms with Gasteiger partial charge >= 0.3 is 0 Å². The Balaban J connectivity index is 1.62. The van der Waals surface area contributed by atoms with Crippen molar-refractivity contribution in [1.29, 1.82) is 0 Å². The first-order valence-corrected chi connectivity index (χ1v) is 10.3. The standard InChI is InChI=1S/C22H23NO3S/c1-18-11-13-22(14-12-18)27(24,25)23-15-20-9-5-6-10-21(20)17-26-16-19-7-3-2-4-8-19/h2-14,23H,15-17H2,1H3. The molecule has 0 aromatic heterocycles. The van der Waals surface area contributed by atoms with Crippen LogP contribution < -0.4 is 4.72 Å². The van der Waals surface area contributed by atoms with E-state index >= 15 is 0 Å². The SMILES string of the molecule is Cc1ccc(S(=O)(=O)NCc2ccccc2COCc2ccccc2)cc1. The van der Waals surface area contributed by atoms with Crippen LogP contribution in [0.4, 0.5) is 0 Å². The summed E-state index contributed by atoms with van der Waals surface area (Å²) in [5, 5.41) is 0. The van der Waals surface area contributed by atoms with E-state index in [9.17, 15) is 8.42 Å². The molecular weight excluding hydrogens is 358 g/mol. The molecule has 3 aromatic rings. The third-order valence-corrected chi connectivity index (χ3v) is 5.69. The summed E-state index contributed by atoms with van der Waals surface area (Å²) in [5.74, 6) is 0. The zero-order valence-electron chi connectivity index (χ0n) is 15.3. The normalized spacial score (nSPS) is 11.4. The van der Waals surface area contributed by atoms with Crippen LogP contribution >= 0.6 is 0 Å². The van der Waals surface area contributed by atoms with E-state index in [2.05, 4.69) is 4.72 Å². The highest BCUT2D eigenvalue weighted by atomic mass is 32.2. The highest BCUT2D eigenvalue weighted by molar-refractivity contribution is 7.89. The fraction of sp³-hybridized carbons (Fsp3) is 0.182. The Hall–Kier alpha value is -2.47. The minimum atomic E-state index is -3.55. The number of hydrogen-bond acceptors (Lipinski definition) is 3. The van der Waals surface area contributed by atoms with Gasteiger partial charge in [0.25, 0.3) is 0 Å². The van der Waals surface area contributed by atoms with E-state index in [1.54, 1.807) is 24.3 Å². The smallest absolute Gasteiger partial charge is 0.240 e. The van der Waals surface area contributed by atoms with Gasteiger partial charge in [-0.05, 0) is 35.7 Å². The predicted octanol–water partition coefficient (Wildman–Crippen LogP) is 4.19. The van der Waals surface area contributed by atoms with Gasteiger partial charge < -0.3 is 4.74 Å². The summed E-state index contributed by atoms with van der Waals surface area (Å²) < 4.78 is 33.4. The van der Waals surface area contributed by atoms with Crippen LogP contribution in [0.15, 0.2) is 83.8 Å². The Kier molecular flexibility index (Phi) is 6.40. The molecule has 0 spiro atoms. The third kappa shape index (κ3) is 5.50. The van der Waals surface area contributed by atoms with Crippen molar-refractivity contribution >= 4 is 10.0 Å². The molecule has 3 rings (SSSR count). The van der Waals surface area contributed by atoms with Crippen molar-refractivity contribution in [1.82, 2.24) is 4.72 Å². The topological polar surface area (TPSA) is 55.4 Å². The van der Waals surface area contributed by atoms with Crippen molar-refractivity contribution in [3.63, 3.8) is 0 Å². The summed E-state index contributed by atoms with van der Waals surface area (Å²) in [5.41, 5.74) is 4.01. The molecule has 0 heterocycles. The van der Waals surface area contributed by atoms with E-state index < -0.39 is 10.0 Å². The molecule has 27 heavy (non-hydrogen) atoms. The molecular formula is C22H23NO3S. The quantitative estimate of drug-likeness (QED) is 0.636. The fourth-order valence-corrected chi connectivity index (χ4v) is 3.70. The second kappa shape index (κ2) is 8.95. The average Bonchev–Trinajstić information content (AvgIpc) is 2.68. The molecule has 0 radical (unpaired) electrons. The van der Waals surface area contributed by atoms with Gasteiger partial charge in [-0.1, -0.05) is 72.3 Å². The van der Waals surface area contributed by atoms with E-state index in [0.29, 0.717) is 13.2 Å². The summed E-state index contributed by atoms with van der Waals surface area (Å²) in [6, 6.07) is 24.5. The number of rotatable bonds is 8. The molecule has 1 N–H and O–H groups in total. The number of nitrogens with one attached hydrogen (secondary N) is 1. The van der Waals surface area contributed by atoms with Gasteiger partial charge in [0, 0.05) is 6.54 Å². The molecule has 4 nitrogen and oxygen atoms in total. The minimum absolute atomic E-state index is 0.223. The van der Waals surface area contributed by atoms with Crippen molar-refractivity contribution in [2.75, 3.05) is 0 Å². The average molecular weight is 381 g/mol. The molecule has 5 heteroatoms. The maximum absolute atomic E-state index is 12.5. The first-order valence-electron chi connectivity index (χ1n) is 8.79. The summed E-state index contributed by atoms with van der Waals surface area (Å²) in [7, 11) is -3.55. The molecule has 140 valence electrons. The second-order valence-electron chi connectivity index (χ2n) is 6.38. The van der Waals surface area contributed by atoms with Crippen molar-refractivity contribution < 1.29 is 13.2 Å². The lowest BCUT2D eigenvalue weighted by atomic mass is 10.1. The molecule has 0 bridgehead atoms. The zero-order chi connectivity index (χ0) is 19.1. The molecule has 0 saturated heterocycles. The van der Waals surface area contributed by atoms with Gasteiger partial charge in [-0.25, -0.2) is 13.1 Å². The van der Waals surface area contributed by atoms with Crippen molar-refractivity contribution in [3.8, 4) is 0 Å². The van der Waals surface area contributed by atoms with Crippen LogP contribution in [0, 0.1) is 6.92 Å². The molecule has 0 aliphatic rings. The largest absolute Gasteiger partial charge is 0.372 e. The first-order chi connectivity index (χ1) is 13.0. The molecule has 0 aliphatic carbocycles. The van der Waals surface area contributed by atoms with Gasteiger partial charge in [0.05, 0.1) is 18.1 Å². The van der Waals surface area contributed by atoms with Crippen LogP contribution in [0.25, 0.3) is 0 Å². The molecule has 0 unspecified atom stereocenters. The number of ether oxygens (including phenoxy) is 1. The zero-order valence-corrected chi connectivity index (χ0v) is 16.1. The minimum Gasteiger partial charge on any atom is -0.372 e. The van der Waals surface area contributed by atoms with Crippen LogP contribution in [0.2, 0.25) is 0 Å². The summed E-state index contributed by atoms with van der Waals surface area (Å²) in [4.78, 5) is 0.269. The van der Waals surface area contributed by atoms with Crippen molar-refractivity contribution in [2.45, 2.75) is 31.6 Å². The van der Waals surface area contributed by atoms with E-state index in [1.165, 1.54) is 0 Å². The van der Waals surface area contributed by atoms with Crippen LogP contribution in [0.5, 0.6) is 0 Å². The Morgan fingerprint density at radius 1 is 0.778 bits per heavy atom. The number of sulfonamides is 1. The van der Waals surface area contributed by atoms with Gasteiger partial charge in [0.2, 0.25) is 10.0 Å². The van der Waals surface area contributed by atoms with Gasteiger partial charge in [-0.15, -0.1) is 0 Å². The first kappa shape index (κ1) is 19.3. The van der Waals surface area contributed by atoms with E-state index in [1.807, 2.05) is 61.5 Å². The number of benzene rings is 3. The van der Waals surface area contributed by atoms with E-state index in [0.717, 1.165) is 22.3 Å². The van der Waals surface area contributed by atoms with Crippen molar-refractivity contribution in [2.24, 2.45) is 0 Å². The van der Waals surface area contributed by atoms with Gasteiger partial charge in [-0.2, -0.15) is 0 Å². The van der Waals surface area contributed by atoms with Crippen LogP contribution in [-0.2, 0) is 34.5 Å². The lowest BCUT2D eigenvalue weighted by Crippen LogP contribution is -2.23. The molecule has 3 aromatic carbocycles. The van der Waals surface area contributed by atoms with Crippen molar-refractivity contribution in [3.05, 3.63) is 101 Å². The Morgan fingerprint density at radius 3 is 2.11 bits per heavy atom. The third-order valence-electron chi connectivity index (χ3n) is 4.27. The lowest BCUT2D eigenvalue weighted by Gasteiger charge is -2.12. The Bertz CT molecular complexity index is 968. The summed E-state index contributed by atoms with van der Waals surface area (Å²) in [6.45, 7) is 3.10. The summed E-state index contributed by atoms with van der Waals surface area (Å²) >= 11 is 0. The second-order valence-corrected chi connectivity index (χ2v) is 8.15. The number of aryl methyl sites for hydroxylation is 1. The maximum Gasteiger partial charge on any atom is 0.240 e. The molecule has 0 atom stereocenters. The molecule has 0 saturated carbocycles. The Labute approximate surface area is 160 Å². The summed E-state index contributed by atoms with van der Waals surface area (Å²) in [6.07, 6.45) is 0. The van der Waals surface area contributed by atoms with Crippen LogP contribution in [0.3, 0.4) is 0 Å². The monoisotopic (exact) mass is 381 g/mol. The molecule has 0 fully saturated rings. The maximum atomic E-state index is 12.5. The van der Waals surface area contributed by atoms with E-state index in [4.69, 9.17) is 4.74 Å². The lowest BCUT2D eigenvalue weighted by molar-refractivity contribution is 0.106. The van der Waals surface area contributed by atoms with E-state index in [-0.39, 0.29) is 11.4 Å². The van der Waals surface area contributed by atoms with Gasteiger partial charge in [0.1, 0.15) is 0 Å². The highest BCUT2D eigenvalue weighted by Gasteiger charge is 2.14. The van der Waals surface area contributed by atoms with Crippen LogP contribution in [-0.4, -0.2) is 8.42 Å². The number of hydrogen-bond donors (Lipinski definition) is 1. The predicted molar refractivity (Wildman–Crippen MR) is 107 cm³/mol. The molecule has 0 amide bonds. The highest BCUT2D eigenvalue weighted by Crippen LogP contribution is 2.14.